The van der Waals surface area contributed by atoms with E-state index >= 15 is 0 Å². The molecule has 5 nitrogen and oxygen atoms in total. The fraction of sp³-hybridized carbons (Fsp3) is 0.429. The first-order chi connectivity index (χ1) is 12.7. The molecule has 146 valence electrons. The summed E-state index contributed by atoms with van der Waals surface area (Å²) in [6.07, 6.45) is 2.58. The summed E-state index contributed by atoms with van der Waals surface area (Å²) in [7, 11) is 1.95. The monoisotopic (exact) mass is 389 g/mol. The number of nitrogens with one attached hydrogen (secondary N) is 2. The van der Waals surface area contributed by atoms with Gasteiger partial charge < -0.3 is 15.5 Å². The van der Waals surface area contributed by atoms with Gasteiger partial charge >= 0.3 is 0 Å². The fourth-order valence-corrected chi connectivity index (χ4v) is 3.62. The molecule has 0 bridgehead atoms. The Morgan fingerprint density at radius 3 is 2.70 bits per heavy atom. The molecule has 1 fully saturated rings. The van der Waals surface area contributed by atoms with Crippen LogP contribution in [0, 0.1) is 5.92 Å². The number of piperidine rings is 1. The van der Waals surface area contributed by atoms with Gasteiger partial charge in [0, 0.05) is 31.6 Å². The first-order valence-electron chi connectivity index (χ1n) is 9.37. The predicted molar refractivity (Wildman–Crippen MR) is 111 cm³/mol. The van der Waals surface area contributed by atoms with E-state index in [0.29, 0.717) is 24.4 Å². The number of nitrogens with zero attached hydrogens (tertiary/aromatic N) is 1. The first kappa shape index (κ1) is 21.2. The zero-order valence-corrected chi connectivity index (χ0v) is 16.6. The number of amides is 2. The van der Waals surface area contributed by atoms with Gasteiger partial charge in [0.1, 0.15) is 0 Å². The summed E-state index contributed by atoms with van der Waals surface area (Å²) in [4.78, 5) is 26.7. The number of hydrogen-bond donors (Lipinski definition) is 2. The topological polar surface area (TPSA) is 61.4 Å². The van der Waals surface area contributed by atoms with Crippen LogP contribution in [-0.2, 0) is 4.79 Å². The lowest BCUT2D eigenvalue weighted by Crippen LogP contribution is -2.43. The lowest BCUT2D eigenvalue weighted by Gasteiger charge is -2.32. The van der Waals surface area contributed by atoms with Crippen LogP contribution in [0.15, 0.2) is 42.5 Å². The molecular formula is C21H28ClN3O2. The number of fused-ring (bicyclic) bond motifs is 1. The number of benzene rings is 2. The Morgan fingerprint density at radius 1 is 1.15 bits per heavy atom. The van der Waals surface area contributed by atoms with E-state index in [1.165, 1.54) is 6.42 Å². The third kappa shape index (κ3) is 5.68. The van der Waals surface area contributed by atoms with Crippen LogP contribution in [0.4, 0.5) is 0 Å². The maximum absolute atomic E-state index is 12.4. The minimum absolute atomic E-state index is 0. The van der Waals surface area contributed by atoms with Crippen molar-refractivity contribution in [3.8, 4) is 0 Å². The molecule has 1 unspecified atom stereocenters. The largest absolute Gasteiger partial charge is 0.352 e. The van der Waals surface area contributed by atoms with E-state index < -0.39 is 0 Å². The van der Waals surface area contributed by atoms with E-state index in [1.807, 2.05) is 54.4 Å². The number of carbonyl (C=O) groups is 2. The van der Waals surface area contributed by atoms with Gasteiger partial charge in [-0.2, -0.15) is 0 Å². The van der Waals surface area contributed by atoms with Gasteiger partial charge in [-0.15, -0.1) is 12.4 Å². The SMILES string of the molecule is CNCC1CCCN(C(=O)CCNC(=O)c2ccc3ccccc3c2)C1.Cl. The molecule has 2 aromatic carbocycles. The van der Waals surface area contributed by atoms with Gasteiger partial charge in [0.15, 0.2) is 0 Å². The van der Waals surface area contributed by atoms with Crippen LogP contribution in [0.25, 0.3) is 10.8 Å². The van der Waals surface area contributed by atoms with Crippen molar-refractivity contribution in [1.29, 1.82) is 0 Å². The lowest BCUT2D eigenvalue weighted by molar-refractivity contribution is -0.132. The van der Waals surface area contributed by atoms with Crippen molar-refractivity contribution >= 4 is 35.0 Å². The third-order valence-corrected chi connectivity index (χ3v) is 5.00. The Balaban J connectivity index is 0.00000261. The summed E-state index contributed by atoms with van der Waals surface area (Å²) >= 11 is 0. The maximum atomic E-state index is 12.4. The molecule has 0 aromatic heterocycles. The van der Waals surface area contributed by atoms with E-state index in [-0.39, 0.29) is 24.2 Å². The molecule has 0 spiro atoms. The Kier molecular flexibility index (Phi) is 8.07. The van der Waals surface area contributed by atoms with Crippen LogP contribution in [0.1, 0.15) is 29.6 Å². The van der Waals surface area contributed by atoms with E-state index in [2.05, 4.69) is 10.6 Å². The van der Waals surface area contributed by atoms with Gasteiger partial charge in [0.05, 0.1) is 0 Å². The second-order valence-electron chi connectivity index (χ2n) is 6.97. The Hall–Kier alpha value is -2.11. The fourth-order valence-electron chi connectivity index (χ4n) is 3.62. The van der Waals surface area contributed by atoms with Crippen LogP contribution in [0.2, 0.25) is 0 Å². The van der Waals surface area contributed by atoms with Crippen LogP contribution in [-0.4, -0.2) is 49.9 Å². The molecule has 0 aliphatic carbocycles. The van der Waals surface area contributed by atoms with Crippen LogP contribution in [0.3, 0.4) is 0 Å². The lowest BCUT2D eigenvalue weighted by atomic mass is 9.98. The number of rotatable bonds is 6. The highest BCUT2D eigenvalue weighted by Crippen LogP contribution is 2.17. The van der Waals surface area contributed by atoms with E-state index in [4.69, 9.17) is 0 Å². The summed E-state index contributed by atoms with van der Waals surface area (Å²) < 4.78 is 0. The van der Waals surface area contributed by atoms with Gasteiger partial charge in [-0.05, 0) is 55.3 Å². The van der Waals surface area contributed by atoms with Gasteiger partial charge in [0.25, 0.3) is 5.91 Å². The quantitative estimate of drug-likeness (QED) is 0.798. The summed E-state index contributed by atoms with van der Waals surface area (Å²) in [6.45, 7) is 2.97. The van der Waals surface area contributed by atoms with Crippen molar-refractivity contribution in [3.63, 3.8) is 0 Å². The zero-order chi connectivity index (χ0) is 18.4. The molecule has 1 saturated heterocycles. The van der Waals surface area contributed by atoms with Crippen molar-refractivity contribution in [2.24, 2.45) is 5.92 Å². The molecule has 2 amide bonds. The second kappa shape index (κ2) is 10.3. The predicted octanol–water partition coefficient (Wildman–Crippen LogP) is 2.84. The summed E-state index contributed by atoms with van der Waals surface area (Å²) in [5, 5.41) is 8.22. The molecule has 1 aliphatic heterocycles. The van der Waals surface area contributed by atoms with Crippen molar-refractivity contribution in [2.45, 2.75) is 19.3 Å². The molecule has 1 aliphatic rings. The minimum Gasteiger partial charge on any atom is -0.352 e. The Morgan fingerprint density at radius 2 is 1.93 bits per heavy atom. The number of carbonyl (C=O) groups excluding carboxylic acids is 2. The van der Waals surface area contributed by atoms with Gasteiger partial charge in [-0.25, -0.2) is 0 Å². The van der Waals surface area contributed by atoms with Crippen molar-refractivity contribution in [1.82, 2.24) is 15.5 Å². The summed E-state index contributed by atoms with van der Waals surface area (Å²) in [5.74, 6) is 0.532. The first-order valence-corrected chi connectivity index (χ1v) is 9.37. The van der Waals surface area contributed by atoms with E-state index in [1.54, 1.807) is 0 Å². The van der Waals surface area contributed by atoms with E-state index in [0.717, 1.165) is 36.8 Å². The van der Waals surface area contributed by atoms with Crippen molar-refractivity contribution in [3.05, 3.63) is 48.0 Å². The van der Waals surface area contributed by atoms with Gasteiger partial charge in [-0.3, -0.25) is 9.59 Å². The van der Waals surface area contributed by atoms with E-state index in [9.17, 15) is 9.59 Å². The summed E-state index contributed by atoms with van der Waals surface area (Å²) in [5.41, 5.74) is 0.628. The Bertz CT molecular complexity index is 779. The highest BCUT2D eigenvalue weighted by Gasteiger charge is 2.22. The minimum atomic E-state index is -0.129. The van der Waals surface area contributed by atoms with Gasteiger partial charge in [-0.1, -0.05) is 30.3 Å². The molecule has 3 rings (SSSR count). The molecular weight excluding hydrogens is 362 g/mol. The van der Waals surface area contributed by atoms with Crippen LogP contribution >= 0.6 is 12.4 Å². The molecule has 0 radical (unpaired) electrons. The molecule has 2 N–H and O–H groups in total. The maximum Gasteiger partial charge on any atom is 0.251 e. The third-order valence-electron chi connectivity index (χ3n) is 5.00. The number of hydrogen-bond acceptors (Lipinski definition) is 3. The smallest absolute Gasteiger partial charge is 0.251 e. The van der Waals surface area contributed by atoms with Crippen LogP contribution in [0.5, 0.6) is 0 Å². The Labute approximate surface area is 166 Å². The molecule has 1 heterocycles. The normalized spacial score (nSPS) is 16.6. The second-order valence-corrected chi connectivity index (χ2v) is 6.97. The molecule has 27 heavy (non-hydrogen) atoms. The number of halogens is 1. The standard InChI is InChI=1S/C21H27N3O2.ClH/c1-22-14-16-5-4-12-24(15-16)20(25)10-11-23-21(26)19-9-8-17-6-2-3-7-18(17)13-19;/h2-3,6-9,13,16,22H,4-5,10-12,14-15H2,1H3,(H,23,26);1H. The highest BCUT2D eigenvalue weighted by atomic mass is 35.5. The molecule has 1 atom stereocenters. The molecule has 0 saturated carbocycles. The highest BCUT2D eigenvalue weighted by molar-refractivity contribution is 5.98. The molecule has 6 heteroatoms. The molecule has 2 aromatic rings. The average molecular weight is 390 g/mol. The van der Waals surface area contributed by atoms with Crippen molar-refractivity contribution in [2.75, 3.05) is 33.2 Å². The number of likely N-dealkylation sites (tertiary alicyclic amines) is 1. The van der Waals surface area contributed by atoms with Gasteiger partial charge in [0.2, 0.25) is 5.91 Å². The summed E-state index contributed by atoms with van der Waals surface area (Å²) in [6, 6.07) is 13.6. The van der Waals surface area contributed by atoms with Crippen molar-refractivity contribution < 1.29 is 9.59 Å². The average Bonchev–Trinajstić information content (AvgIpc) is 2.68. The van der Waals surface area contributed by atoms with Crippen LogP contribution < -0.4 is 10.6 Å². The zero-order valence-electron chi connectivity index (χ0n) is 15.7.